The molecule has 0 spiro atoms. The predicted molar refractivity (Wildman–Crippen MR) is 75.3 cm³/mol. The number of aryl methyl sites for hydroxylation is 1. The van der Waals surface area contributed by atoms with E-state index in [2.05, 4.69) is 9.97 Å². The number of hydrogen-bond acceptors (Lipinski definition) is 6. The summed E-state index contributed by atoms with van der Waals surface area (Å²) in [6.45, 7) is 0. The molecule has 0 aliphatic carbocycles. The van der Waals surface area contributed by atoms with Gasteiger partial charge in [0, 0.05) is 19.8 Å². The van der Waals surface area contributed by atoms with E-state index in [0.717, 1.165) is 16.3 Å². The lowest BCUT2D eigenvalue weighted by Gasteiger charge is -2.00. The van der Waals surface area contributed by atoms with Crippen LogP contribution in [-0.4, -0.2) is 39.0 Å². The van der Waals surface area contributed by atoms with Gasteiger partial charge < -0.3 is 4.98 Å². The summed E-state index contributed by atoms with van der Waals surface area (Å²) in [7, 11) is -0.660. The Morgan fingerprint density at radius 1 is 1.30 bits per heavy atom. The molecule has 0 radical (unpaired) electrons. The van der Waals surface area contributed by atoms with Crippen LogP contribution in [0, 0.1) is 0 Å². The standard InChI is InChI=1S/C9H13N5O4S2/c1-13-6-5(7(15)14(2)9(13)16)11-8(12-6)19-3-4-20(10,17)18/h3-4H2,1-2H3,(H,11,12)(H2,10,17,18). The summed E-state index contributed by atoms with van der Waals surface area (Å²) in [6.07, 6.45) is 0. The summed E-state index contributed by atoms with van der Waals surface area (Å²) in [4.78, 5) is 30.5. The van der Waals surface area contributed by atoms with E-state index in [0.29, 0.717) is 5.16 Å². The SMILES string of the molecule is Cn1c(=O)c2[nH]c(SCCS(N)(=O)=O)nc2n(C)c1=O. The van der Waals surface area contributed by atoms with Crippen molar-refractivity contribution in [3.05, 3.63) is 20.8 Å². The van der Waals surface area contributed by atoms with Crippen molar-refractivity contribution in [2.45, 2.75) is 5.16 Å². The Bertz CT molecular complexity index is 876. The van der Waals surface area contributed by atoms with E-state index in [4.69, 9.17) is 5.14 Å². The van der Waals surface area contributed by atoms with Crippen LogP contribution in [-0.2, 0) is 24.1 Å². The molecule has 2 aromatic rings. The monoisotopic (exact) mass is 319 g/mol. The van der Waals surface area contributed by atoms with Crippen LogP contribution in [0.1, 0.15) is 0 Å². The van der Waals surface area contributed by atoms with Crippen LogP contribution >= 0.6 is 11.8 Å². The Morgan fingerprint density at radius 3 is 2.55 bits per heavy atom. The fourth-order valence-corrected chi connectivity index (χ4v) is 3.41. The summed E-state index contributed by atoms with van der Waals surface area (Å²) in [5, 5.41) is 5.26. The molecular formula is C9H13N5O4S2. The molecule has 0 unspecified atom stereocenters. The van der Waals surface area contributed by atoms with Gasteiger partial charge in [-0.2, -0.15) is 0 Å². The number of nitrogens with zero attached hydrogens (tertiary/aromatic N) is 3. The second-order valence-electron chi connectivity index (χ2n) is 4.16. The maximum atomic E-state index is 11.9. The van der Waals surface area contributed by atoms with E-state index < -0.39 is 21.3 Å². The molecule has 2 aromatic heterocycles. The molecule has 3 N–H and O–H groups in total. The number of H-pyrrole nitrogens is 1. The van der Waals surface area contributed by atoms with Gasteiger partial charge in [-0.3, -0.25) is 13.9 Å². The fourth-order valence-electron chi connectivity index (χ4n) is 1.63. The van der Waals surface area contributed by atoms with Gasteiger partial charge in [0.25, 0.3) is 5.56 Å². The maximum absolute atomic E-state index is 11.9. The third-order valence-electron chi connectivity index (χ3n) is 2.68. The molecule has 110 valence electrons. The van der Waals surface area contributed by atoms with Crippen LogP contribution in [0.15, 0.2) is 14.7 Å². The Labute approximate surface area is 117 Å². The van der Waals surface area contributed by atoms with Gasteiger partial charge in [-0.05, 0) is 0 Å². The van der Waals surface area contributed by atoms with Crippen molar-refractivity contribution < 1.29 is 8.42 Å². The van der Waals surface area contributed by atoms with Crippen molar-refractivity contribution in [1.82, 2.24) is 19.1 Å². The quantitative estimate of drug-likeness (QED) is 0.648. The van der Waals surface area contributed by atoms with E-state index >= 15 is 0 Å². The maximum Gasteiger partial charge on any atom is 0.332 e. The molecular weight excluding hydrogens is 306 g/mol. The van der Waals surface area contributed by atoms with E-state index in [9.17, 15) is 18.0 Å². The molecule has 0 saturated carbocycles. The third kappa shape index (κ3) is 2.78. The van der Waals surface area contributed by atoms with Gasteiger partial charge >= 0.3 is 5.69 Å². The highest BCUT2D eigenvalue weighted by atomic mass is 32.2. The van der Waals surface area contributed by atoms with Crippen LogP contribution in [0.25, 0.3) is 11.2 Å². The Hall–Kier alpha value is -1.59. The highest BCUT2D eigenvalue weighted by Gasteiger charge is 2.14. The molecule has 2 heterocycles. The van der Waals surface area contributed by atoms with Crippen LogP contribution in [0.5, 0.6) is 0 Å². The summed E-state index contributed by atoms with van der Waals surface area (Å²) in [5.41, 5.74) is -0.520. The van der Waals surface area contributed by atoms with Crippen molar-refractivity contribution in [3.8, 4) is 0 Å². The minimum Gasteiger partial charge on any atom is -0.327 e. The molecule has 0 atom stereocenters. The molecule has 0 bridgehead atoms. The molecule has 0 aliphatic heterocycles. The first-order chi connectivity index (χ1) is 9.20. The predicted octanol–water partition coefficient (Wildman–Crippen LogP) is -1.66. The Kier molecular flexibility index (Phi) is 3.75. The molecule has 0 saturated heterocycles. The first kappa shape index (κ1) is 14.8. The van der Waals surface area contributed by atoms with Crippen LogP contribution in [0.4, 0.5) is 0 Å². The number of sulfonamides is 1. The third-order valence-corrected chi connectivity index (χ3v) is 4.59. The number of thioether (sulfide) groups is 1. The zero-order chi connectivity index (χ0) is 15.1. The number of aromatic nitrogens is 4. The summed E-state index contributed by atoms with van der Waals surface area (Å²) in [6, 6.07) is 0. The topological polar surface area (TPSA) is 133 Å². The average molecular weight is 319 g/mol. The second-order valence-corrected chi connectivity index (χ2v) is 6.98. The normalized spacial score (nSPS) is 12.2. The zero-order valence-electron chi connectivity index (χ0n) is 10.8. The molecule has 0 amide bonds. The van der Waals surface area contributed by atoms with Gasteiger partial charge in [0.2, 0.25) is 10.0 Å². The zero-order valence-corrected chi connectivity index (χ0v) is 12.4. The molecule has 9 nitrogen and oxygen atoms in total. The minimum atomic E-state index is -3.54. The second kappa shape index (κ2) is 5.07. The summed E-state index contributed by atoms with van der Waals surface area (Å²) in [5.74, 6) is -0.00142. The lowest BCUT2D eigenvalue weighted by atomic mass is 10.5. The number of hydrogen-bond donors (Lipinski definition) is 2. The van der Waals surface area contributed by atoms with Gasteiger partial charge in [-0.15, -0.1) is 0 Å². The fraction of sp³-hybridized carbons (Fsp3) is 0.444. The van der Waals surface area contributed by atoms with Gasteiger partial charge in [0.15, 0.2) is 16.3 Å². The van der Waals surface area contributed by atoms with Gasteiger partial charge in [-0.25, -0.2) is 23.3 Å². The first-order valence-electron chi connectivity index (χ1n) is 5.49. The van der Waals surface area contributed by atoms with Crippen molar-refractivity contribution in [2.24, 2.45) is 19.2 Å². The first-order valence-corrected chi connectivity index (χ1v) is 8.20. The van der Waals surface area contributed by atoms with Gasteiger partial charge in [-0.1, -0.05) is 11.8 Å². The minimum absolute atomic E-state index is 0.201. The number of imidazole rings is 1. The van der Waals surface area contributed by atoms with Crippen LogP contribution in [0.2, 0.25) is 0 Å². The van der Waals surface area contributed by atoms with E-state index in [1.165, 1.54) is 18.7 Å². The van der Waals surface area contributed by atoms with Crippen molar-refractivity contribution >= 4 is 32.9 Å². The van der Waals surface area contributed by atoms with Crippen molar-refractivity contribution in [1.29, 1.82) is 0 Å². The van der Waals surface area contributed by atoms with Gasteiger partial charge in [0.05, 0.1) is 5.75 Å². The lowest BCUT2D eigenvalue weighted by Crippen LogP contribution is -2.36. The Morgan fingerprint density at radius 2 is 1.95 bits per heavy atom. The number of rotatable bonds is 4. The average Bonchev–Trinajstić information content (AvgIpc) is 2.76. The van der Waals surface area contributed by atoms with Crippen molar-refractivity contribution in [3.63, 3.8) is 0 Å². The molecule has 20 heavy (non-hydrogen) atoms. The van der Waals surface area contributed by atoms with Crippen LogP contribution < -0.4 is 16.4 Å². The number of primary sulfonamides is 1. The highest BCUT2D eigenvalue weighted by molar-refractivity contribution is 8.00. The molecule has 0 aromatic carbocycles. The number of nitrogens with two attached hydrogens (primary N) is 1. The number of nitrogens with one attached hydrogen (secondary N) is 1. The van der Waals surface area contributed by atoms with E-state index in [1.807, 2.05) is 0 Å². The molecule has 11 heteroatoms. The molecule has 0 aliphatic rings. The summed E-state index contributed by atoms with van der Waals surface area (Å²) < 4.78 is 23.9. The van der Waals surface area contributed by atoms with E-state index in [-0.39, 0.29) is 22.7 Å². The highest BCUT2D eigenvalue weighted by Crippen LogP contribution is 2.16. The number of aromatic amines is 1. The largest absolute Gasteiger partial charge is 0.332 e. The number of fused-ring (bicyclic) bond motifs is 1. The molecule has 0 fully saturated rings. The van der Waals surface area contributed by atoms with Crippen molar-refractivity contribution in [2.75, 3.05) is 11.5 Å². The Balaban J connectivity index is 2.40. The smallest absolute Gasteiger partial charge is 0.327 e. The van der Waals surface area contributed by atoms with E-state index in [1.54, 1.807) is 0 Å². The van der Waals surface area contributed by atoms with Crippen LogP contribution in [0.3, 0.4) is 0 Å². The molecule has 2 rings (SSSR count). The van der Waals surface area contributed by atoms with Gasteiger partial charge in [0.1, 0.15) is 0 Å². The lowest BCUT2D eigenvalue weighted by molar-refractivity contribution is 0.599. The summed E-state index contributed by atoms with van der Waals surface area (Å²) >= 11 is 1.11.